The largest absolute Gasteiger partial charge is 1.00 e. The second kappa shape index (κ2) is 19.4. The monoisotopic (exact) mass is 644 g/mol. The van der Waals surface area contributed by atoms with Gasteiger partial charge in [-0.25, -0.2) is 0 Å². The van der Waals surface area contributed by atoms with Crippen LogP contribution in [0.4, 0.5) is 5.69 Å². The first-order valence-corrected chi connectivity index (χ1v) is 15.6. The second-order valence-electron chi connectivity index (χ2n) is 10.4. The molecule has 1 heterocycles. The van der Waals surface area contributed by atoms with E-state index in [0.717, 1.165) is 30.6 Å². The highest BCUT2D eigenvalue weighted by molar-refractivity contribution is 7.09. The molecule has 0 saturated carbocycles. The molecule has 224 valence electrons. The van der Waals surface area contributed by atoms with Crippen LogP contribution in [0.1, 0.15) is 98.9 Å². The van der Waals surface area contributed by atoms with Crippen LogP contribution >= 0.6 is 11.3 Å². The number of nitrogens with zero attached hydrogens (tertiary/aromatic N) is 1. The third kappa shape index (κ3) is 13.2. The Morgan fingerprint density at radius 2 is 1.61 bits per heavy atom. The minimum absolute atomic E-state index is 0. The average molecular weight is 646 g/mol. The topological polar surface area (TPSA) is 68.5 Å². The molecule has 0 radical (unpaired) electrons. The van der Waals surface area contributed by atoms with Crippen LogP contribution < -0.4 is 36.3 Å². The summed E-state index contributed by atoms with van der Waals surface area (Å²) in [4.78, 5) is 26.0. The van der Waals surface area contributed by atoms with Gasteiger partial charge in [-0.3, -0.25) is 9.59 Å². The molecule has 3 rings (SSSR count). The fourth-order valence-electron chi connectivity index (χ4n) is 4.60. The van der Waals surface area contributed by atoms with Crippen LogP contribution in [0.15, 0.2) is 54.2 Å². The predicted molar refractivity (Wildman–Crippen MR) is 163 cm³/mol. The number of ether oxygens (including phenoxy) is 2. The second-order valence-corrected chi connectivity index (χ2v) is 11.5. The van der Waals surface area contributed by atoms with E-state index in [-0.39, 0.29) is 35.3 Å². The smallest absolute Gasteiger partial charge is 0.262 e. The molecular weight excluding hydrogens is 600 g/mol. The SMILES string of the molecule is CCCCCCCCCCCCOc1ccc(OCC(=O)Nc2cccc(C[n+]3csc(C)c3)c2)cc1C(C)=O.[Br-]. The Morgan fingerprint density at radius 3 is 2.27 bits per heavy atom. The van der Waals surface area contributed by atoms with Crippen LogP contribution in [0.2, 0.25) is 0 Å². The van der Waals surface area contributed by atoms with E-state index in [1.165, 1.54) is 63.2 Å². The molecule has 0 unspecified atom stereocenters. The first kappa shape index (κ1) is 34.5. The molecule has 1 aromatic heterocycles. The maximum atomic E-state index is 12.5. The summed E-state index contributed by atoms with van der Waals surface area (Å²) in [7, 11) is 0. The molecule has 1 amide bonds. The maximum absolute atomic E-state index is 12.5. The Bertz CT molecular complexity index is 1210. The Kier molecular flexibility index (Phi) is 16.3. The number of thiazole rings is 1. The lowest BCUT2D eigenvalue weighted by Gasteiger charge is -2.13. The van der Waals surface area contributed by atoms with Crippen molar-refractivity contribution in [3.8, 4) is 11.5 Å². The van der Waals surface area contributed by atoms with E-state index < -0.39 is 0 Å². The van der Waals surface area contributed by atoms with Gasteiger partial charge in [-0.15, -0.1) is 0 Å². The van der Waals surface area contributed by atoms with Gasteiger partial charge in [0, 0.05) is 11.3 Å². The number of halogens is 1. The summed E-state index contributed by atoms with van der Waals surface area (Å²) in [6.07, 6.45) is 14.8. The van der Waals surface area contributed by atoms with Crippen LogP contribution in [0.3, 0.4) is 0 Å². The van der Waals surface area contributed by atoms with E-state index >= 15 is 0 Å². The molecule has 1 N–H and O–H groups in total. The van der Waals surface area contributed by atoms with E-state index in [2.05, 4.69) is 35.4 Å². The molecule has 0 aliphatic rings. The molecular formula is C33H45BrN2O4S. The number of amides is 1. The third-order valence-electron chi connectivity index (χ3n) is 6.75. The number of rotatable bonds is 19. The minimum Gasteiger partial charge on any atom is -1.00 e. The lowest BCUT2D eigenvalue weighted by molar-refractivity contribution is -0.683. The summed E-state index contributed by atoms with van der Waals surface area (Å²) in [5.41, 5.74) is 4.37. The number of hydrogen-bond donors (Lipinski definition) is 1. The Hall–Kier alpha value is -2.71. The molecule has 0 atom stereocenters. The Labute approximate surface area is 260 Å². The van der Waals surface area contributed by atoms with Gasteiger partial charge in [0.2, 0.25) is 5.51 Å². The average Bonchev–Trinajstić information content (AvgIpc) is 3.35. The van der Waals surface area contributed by atoms with E-state index in [9.17, 15) is 9.59 Å². The van der Waals surface area contributed by atoms with Crippen molar-refractivity contribution >= 4 is 28.7 Å². The number of aryl methyl sites for hydroxylation is 1. The summed E-state index contributed by atoms with van der Waals surface area (Å²) < 4.78 is 13.8. The minimum atomic E-state index is -0.262. The molecule has 3 aromatic rings. The van der Waals surface area contributed by atoms with Crippen molar-refractivity contribution in [2.75, 3.05) is 18.5 Å². The molecule has 0 fully saturated rings. The summed E-state index contributed by atoms with van der Waals surface area (Å²) >= 11 is 1.70. The van der Waals surface area contributed by atoms with Crippen LogP contribution in [0.5, 0.6) is 11.5 Å². The van der Waals surface area contributed by atoms with Crippen LogP contribution in [-0.4, -0.2) is 24.9 Å². The molecule has 0 aliphatic carbocycles. The van der Waals surface area contributed by atoms with Crippen LogP contribution in [0.25, 0.3) is 0 Å². The fraction of sp³-hybridized carbons (Fsp3) is 0.485. The number of Topliss-reactive ketones (excluding diaryl/α,β-unsaturated/α-hetero) is 1. The Balaban J connectivity index is 0.00000588. The van der Waals surface area contributed by atoms with Crippen LogP contribution in [0, 0.1) is 6.92 Å². The lowest BCUT2D eigenvalue weighted by atomic mass is 10.1. The lowest BCUT2D eigenvalue weighted by Crippen LogP contribution is -3.00. The van der Waals surface area contributed by atoms with E-state index in [1.807, 2.05) is 24.3 Å². The summed E-state index contributed by atoms with van der Waals surface area (Å²) in [5.74, 6) is 0.672. The number of anilines is 1. The van der Waals surface area contributed by atoms with Crippen molar-refractivity contribution in [2.24, 2.45) is 0 Å². The van der Waals surface area contributed by atoms with Crippen molar-refractivity contribution in [2.45, 2.75) is 91.5 Å². The normalized spacial score (nSPS) is 10.6. The molecule has 6 nitrogen and oxygen atoms in total. The fourth-order valence-corrected chi connectivity index (χ4v) is 5.24. The number of carbonyl (C=O) groups is 2. The molecule has 41 heavy (non-hydrogen) atoms. The van der Waals surface area contributed by atoms with Crippen LogP contribution in [-0.2, 0) is 11.3 Å². The first-order chi connectivity index (χ1) is 19.4. The first-order valence-electron chi connectivity index (χ1n) is 14.7. The highest BCUT2D eigenvalue weighted by atomic mass is 79.9. The molecule has 0 bridgehead atoms. The van der Waals surface area contributed by atoms with Crippen molar-refractivity contribution in [1.29, 1.82) is 0 Å². The maximum Gasteiger partial charge on any atom is 0.262 e. The molecule has 0 saturated heterocycles. The van der Waals surface area contributed by atoms with Crippen molar-refractivity contribution in [3.63, 3.8) is 0 Å². The number of nitrogens with one attached hydrogen (secondary N) is 1. The van der Waals surface area contributed by atoms with Crippen molar-refractivity contribution in [3.05, 3.63) is 70.2 Å². The van der Waals surface area contributed by atoms with Gasteiger partial charge in [-0.2, -0.15) is 4.57 Å². The van der Waals surface area contributed by atoms with Gasteiger partial charge in [0.15, 0.2) is 25.1 Å². The highest BCUT2D eigenvalue weighted by Gasteiger charge is 2.12. The zero-order valence-electron chi connectivity index (χ0n) is 24.8. The van der Waals surface area contributed by atoms with Gasteiger partial charge in [0.1, 0.15) is 11.5 Å². The molecule has 0 spiro atoms. The highest BCUT2D eigenvalue weighted by Crippen LogP contribution is 2.25. The number of aromatic nitrogens is 1. The summed E-state index contributed by atoms with van der Waals surface area (Å²) in [5, 5.41) is 2.89. The number of ketones is 1. The predicted octanol–water partition coefficient (Wildman–Crippen LogP) is 4.92. The number of unbranched alkanes of at least 4 members (excludes halogenated alkanes) is 9. The third-order valence-corrected chi connectivity index (χ3v) is 7.61. The molecule has 2 aromatic carbocycles. The number of benzene rings is 2. The van der Waals surface area contributed by atoms with Gasteiger partial charge >= 0.3 is 0 Å². The van der Waals surface area contributed by atoms with E-state index in [4.69, 9.17) is 9.47 Å². The standard InChI is InChI=1S/C33H44N2O4S.BrH/c1-4-5-6-7-8-9-10-11-12-13-19-38-32-18-17-30(21-31(32)27(3)36)39-24-33(37)34-29-16-14-15-28(20-29)23-35-22-26(2)40-25-35;/h14-18,20-22,25H,4-13,19,23-24H2,1-3H3;1H. The molecule has 0 aliphatic heterocycles. The van der Waals surface area contributed by atoms with Gasteiger partial charge in [0.25, 0.3) is 5.91 Å². The van der Waals surface area contributed by atoms with Gasteiger partial charge in [0.05, 0.1) is 17.0 Å². The Morgan fingerprint density at radius 1 is 0.902 bits per heavy atom. The number of carbonyl (C=O) groups excluding carboxylic acids is 2. The van der Waals surface area contributed by atoms with Crippen molar-refractivity contribution < 1.29 is 40.6 Å². The van der Waals surface area contributed by atoms with E-state index in [1.54, 1.807) is 29.5 Å². The summed E-state index contributed by atoms with van der Waals surface area (Å²) in [6, 6.07) is 13.0. The zero-order valence-corrected chi connectivity index (χ0v) is 27.2. The van der Waals surface area contributed by atoms with Gasteiger partial charge in [-0.05, 0) is 50.6 Å². The van der Waals surface area contributed by atoms with Crippen molar-refractivity contribution in [1.82, 2.24) is 0 Å². The van der Waals surface area contributed by atoms with E-state index in [0.29, 0.717) is 23.7 Å². The molecule has 8 heteroatoms. The zero-order chi connectivity index (χ0) is 28.6. The van der Waals surface area contributed by atoms with Gasteiger partial charge < -0.3 is 31.8 Å². The van der Waals surface area contributed by atoms with Gasteiger partial charge in [-0.1, -0.05) is 88.2 Å². The quantitative estimate of drug-likeness (QED) is 0.114. The summed E-state index contributed by atoms with van der Waals surface area (Å²) in [6.45, 7) is 7.02. The number of hydrogen-bond acceptors (Lipinski definition) is 5.